The molecule has 7 nitrogen and oxygen atoms in total. The van der Waals surface area contributed by atoms with Gasteiger partial charge in [0.15, 0.2) is 5.78 Å². The molecule has 1 aromatic heterocycles. The van der Waals surface area contributed by atoms with E-state index in [1.807, 2.05) is 32.6 Å². The second-order valence-corrected chi connectivity index (χ2v) is 8.72. The van der Waals surface area contributed by atoms with E-state index < -0.39 is 17.2 Å². The number of aromatic nitrogens is 1. The van der Waals surface area contributed by atoms with Gasteiger partial charge >= 0.3 is 5.97 Å². The first-order chi connectivity index (χ1) is 14.0. The lowest BCUT2D eigenvalue weighted by Gasteiger charge is -2.37. The number of anilines is 1. The molecule has 0 atom stereocenters. The van der Waals surface area contributed by atoms with E-state index in [1.165, 1.54) is 6.20 Å². The van der Waals surface area contributed by atoms with Crippen molar-refractivity contribution >= 4 is 28.3 Å². The molecule has 30 heavy (non-hydrogen) atoms. The summed E-state index contributed by atoms with van der Waals surface area (Å²) in [6.45, 7) is 10.8. The molecule has 0 amide bonds. The zero-order valence-electron chi connectivity index (χ0n) is 17.9. The molecule has 1 N–H and O–H groups in total. The highest BCUT2D eigenvalue weighted by Crippen LogP contribution is 2.26. The number of carboxylic acids is 1. The van der Waals surface area contributed by atoms with Crippen LogP contribution in [0.2, 0.25) is 0 Å². The van der Waals surface area contributed by atoms with Gasteiger partial charge in [0.1, 0.15) is 11.4 Å². The van der Waals surface area contributed by atoms with Gasteiger partial charge in [-0.3, -0.25) is 14.5 Å². The lowest BCUT2D eigenvalue weighted by Crippen LogP contribution is -2.49. The molecule has 1 aliphatic heterocycles. The van der Waals surface area contributed by atoms with Gasteiger partial charge in [0.2, 0.25) is 5.43 Å². The summed E-state index contributed by atoms with van der Waals surface area (Å²) in [6.07, 6.45) is 1.31. The maximum atomic E-state index is 14.9. The van der Waals surface area contributed by atoms with Crippen LogP contribution in [-0.2, 0) is 11.3 Å². The van der Waals surface area contributed by atoms with E-state index >= 15 is 0 Å². The summed E-state index contributed by atoms with van der Waals surface area (Å²) >= 11 is 0. The van der Waals surface area contributed by atoms with Crippen LogP contribution in [0.25, 0.3) is 10.9 Å². The fraction of sp³-hybridized carbons (Fsp3) is 0.500. The average molecular weight is 417 g/mol. The SMILES string of the molecule is CCn1cc(C(=O)O)c(=O)c2cc(F)c(N3CCN(CC(=O)C(C)(C)C)CC3)cc21. The average Bonchev–Trinajstić information content (AvgIpc) is 2.68. The molecule has 0 spiro atoms. The minimum absolute atomic E-state index is 0.0624. The highest BCUT2D eigenvalue weighted by Gasteiger charge is 2.27. The van der Waals surface area contributed by atoms with E-state index in [2.05, 4.69) is 4.90 Å². The molecule has 1 fully saturated rings. The molecule has 0 saturated carbocycles. The zero-order chi connectivity index (χ0) is 22.2. The summed E-state index contributed by atoms with van der Waals surface area (Å²) in [6, 6.07) is 2.76. The molecule has 3 rings (SSSR count). The van der Waals surface area contributed by atoms with E-state index in [1.54, 1.807) is 10.6 Å². The summed E-state index contributed by atoms with van der Waals surface area (Å²) < 4.78 is 16.6. The Hall–Kier alpha value is -2.74. The zero-order valence-corrected chi connectivity index (χ0v) is 17.9. The Kier molecular flexibility index (Phi) is 5.99. The van der Waals surface area contributed by atoms with E-state index in [9.17, 15) is 23.9 Å². The smallest absolute Gasteiger partial charge is 0.341 e. The summed E-state index contributed by atoms with van der Waals surface area (Å²) in [5.41, 5.74) is -0.546. The van der Waals surface area contributed by atoms with Crippen molar-refractivity contribution in [3.8, 4) is 0 Å². The summed E-state index contributed by atoms with van der Waals surface area (Å²) in [4.78, 5) is 40.1. The van der Waals surface area contributed by atoms with Crippen LogP contribution in [-0.4, -0.2) is 59.0 Å². The van der Waals surface area contributed by atoms with Gasteiger partial charge in [0.25, 0.3) is 0 Å². The van der Waals surface area contributed by atoms with Gasteiger partial charge < -0.3 is 14.6 Å². The number of ketones is 1. The fourth-order valence-electron chi connectivity index (χ4n) is 3.64. The third-order valence-electron chi connectivity index (χ3n) is 5.64. The second kappa shape index (κ2) is 8.18. The van der Waals surface area contributed by atoms with Crippen molar-refractivity contribution in [1.29, 1.82) is 0 Å². The number of fused-ring (bicyclic) bond motifs is 1. The molecule has 8 heteroatoms. The van der Waals surface area contributed by atoms with Crippen LogP contribution >= 0.6 is 0 Å². The third-order valence-corrected chi connectivity index (χ3v) is 5.64. The lowest BCUT2D eigenvalue weighted by atomic mass is 9.90. The van der Waals surface area contributed by atoms with Crippen molar-refractivity contribution in [3.63, 3.8) is 0 Å². The monoisotopic (exact) mass is 417 g/mol. The predicted octanol–water partition coefficient (Wildman–Crippen LogP) is 2.60. The molecule has 162 valence electrons. The van der Waals surface area contributed by atoms with Gasteiger partial charge in [-0.2, -0.15) is 0 Å². The largest absolute Gasteiger partial charge is 0.477 e. The number of hydrogen-bond acceptors (Lipinski definition) is 5. The van der Waals surface area contributed by atoms with Crippen LogP contribution in [0.4, 0.5) is 10.1 Å². The number of pyridine rings is 1. The Morgan fingerprint density at radius 1 is 1.13 bits per heavy atom. The Bertz CT molecular complexity index is 1050. The van der Waals surface area contributed by atoms with Gasteiger partial charge in [-0.1, -0.05) is 20.8 Å². The molecule has 2 aromatic rings. The van der Waals surface area contributed by atoms with E-state index in [-0.39, 0.29) is 22.1 Å². The molecular formula is C22H28FN3O4. The minimum Gasteiger partial charge on any atom is -0.477 e. The van der Waals surface area contributed by atoms with Crippen molar-refractivity contribution in [2.24, 2.45) is 5.41 Å². The van der Waals surface area contributed by atoms with Crippen molar-refractivity contribution in [2.45, 2.75) is 34.2 Å². The fourth-order valence-corrected chi connectivity index (χ4v) is 3.64. The number of piperazine rings is 1. The second-order valence-electron chi connectivity index (χ2n) is 8.72. The van der Waals surface area contributed by atoms with Crippen molar-refractivity contribution < 1.29 is 19.1 Å². The first kappa shape index (κ1) is 22.0. The Labute approximate surface area is 174 Å². The number of aryl methyl sites for hydroxylation is 1. The van der Waals surface area contributed by atoms with Crippen LogP contribution in [0.15, 0.2) is 23.1 Å². The Morgan fingerprint density at radius 2 is 1.77 bits per heavy atom. The topological polar surface area (TPSA) is 82.8 Å². The predicted molar refractivity (Wildman–Crippen MR) is 114 cm³/mol. The van der Waals surface area contributed by atoms with Gasteiger partial charge in [0.05, 0.1) is 17.7 Å². The molecule has 0 unspecified atom stereocenters. The Balaban J connectivity index is 1.88. The van der Waals surface area contributed by atoms with E-state index in [0.29, 0.717) is 50.5 Å². The number of halogens is 1. The molecule has 1 saturated heterocycles. The third kappa shape index (κ3) is 4.23. The number of carbonyl (C=O) groups excluding carboxylic acids is 1. The quantitative estimate of drug-likeness (QED) is 0.805. The van der Waals surface area contributed by atoms with Crippen molar-refractivity contribution in [3.05, 3.63) is 39.9 Å². The van der Waals surface area contributed by atoms with Gasteiger partial charge in [0, 0.05) is 49.7 Å². The first-order valence-corrected chi connectivity index (χ1v) is 10.1. The van der Waals surface area contributed by atoms with E-state index in [0.717, 1.165) is 6.07 Å². The number of benzene rings is 1. The summed E-state index contributed by atoms with van der Waals surface area (Å²) in [5.74, 6) is -1.70. The maximum Gasteiger partial charge on any atom is 0.341 e. The van der Waals surface area contributed by atoms with Crippen molar-refractivity contribution in [1.82, 2.24) is 9.47 Å². The van der Waals surface area contributed by atoms with E-state index in [4.69, 9.17) is 0 Å². The van der Waals surface area contributed by atoms with Crippen LogP contribution in [0, 0.1) is 11.2 Å². The number of hydrogen-bond donors (Lipinski definition) is 1. The van der Waals surface area contributed by atoms with Gasteiger partial charge in [-0.25, -0.2) is 9.18 Å². The molecule has 0 radical (unpaired) electrons. The summed E-state index contributed by atoms with van der Waals surface area (Å²) in [7, 11) is 0. The molecule has 0 aliphatic carbocycles. The number of rotatable bonds is 5. The first-order valence-electron chi connectivity index (χ1n) is 10.1. The van der Waals surface area contributed by atoms with Gasteiger partial charge in [-0.05, 0) is 19.1 Å². The molecule has 0 bridgehead atoms. The minimum atomic E-state index is -1.32. The number of Topliss-reactive ketones (excluding diaryl/α,β-unsaturated/α-hetero) is 1. The molecule has 1 aromatic carbocycles. The lowest BCUT2D eigenvalue weighted by molar-refractivity contribution is -0.127. The van der Waals surface area contributed by atoms with Crippen LogP contribution in [0.1, 0.15) is 38.1 Å². The van der Waals surface area contributed by atoms with Crippen molar-refractivity contribution in [2.75, 3.05) is 37.6 Å². The maximum absolute atomic E-state index is 14.9. The highest BCUT2D eigenvalue weighted by atomic mass is 19.1. The van der Waals surface area contributed by atoms with Crippen LogP contribution < -0.4 is 10.3 Å². The number of carbonyl (C=O) groups is 2. The highest BCUT2D eigenvalue weighted by molar-refractivity contribution is 5.93. The molecular weight excluding hydrogens is 389 g/mol. The summed E-state index contributed by atoms with van der Waals surface area (Å²) in [5, 5.41) is 9.33. The Morgan fingerprint density at radius 3 is 2.30 bits per heavy atom. The van der Waals surface area contributed by atoms with Gasteiger partial charge in [-0.15, -0.1) is 0 Å². The number of aromatic carboxylic acids is 1. The number of nitrogens with zero attached hydrogens (tertiary/aromatic N) is 3. The molecule has 1 aliphatic rings. The number of carboxylic acid groups (broad SMARTS) is 1. The van der Waals surface area contributed by atoms with Crippen LogP contribution in [0.5, 0.6) is 0 Å². The molecule has 2 heterocycles. The van der Waals surface area contributed by atoms with Crippen LogP contribution in [0.3, 0.4) is 0 Å². The standard InChI is InChI=1S/C22H28FN3O4/c1-5-25-12-15(21(29)30)20(28)14-10-16(23)18(11-17(14)25)26-8-6-24(7-9-26)13-19(27)22(2,3)4/h10-12H,5-9,13H2,1-4H3,(H,29,30). The normalized spacial score (nSPS) is 15.6.